The maximum atomic E-state index is 13.8. The van der Waals surface area contributed by atoms with Gasteiger partial charge in [-0.1, -0.05) is 25.4 Å². The summed E-state index contributed by atoms with van der Waals surface area (Å²) in [6.07, 6.45) is 0.800. The van der Waals surface area contributed by atoms with E-state index in [-0.39, 0.29) is 28.3 Å². The van der Waals surface area contributed by atoms with Crippen molar-refractivity contribution in [3.05, 3.63) is 34.6 Å². The van der Waals surface area contributed by atoms with Gasteiger partial charge in [-0.05, 0) is 24.6 Å². The molecule has 1 aromatic carbocycles. The summed E-state index contributed by atoms with van der Waals surface area (Å²) in [7, 11) is 0. The molecule has 2 amide bonds. The molecule has 1 atom stereocenters. The lowest BCUT2D eigenvalue weighted by Crippen LogP contribution is -2.51. The van der Waals surface area contributed by atoms with E-state index in [1.165, 1.54) is 12.1 Å². The first-order chi connectivity index (χ1) is 10.4. The second-order valence-corrected chi connectivity index (χ2v) is 5.99. The predicted molar refractivity (Wildman–Crippen MR) is 83.3 cm³/mol. The number of rotatable bonds is 3. The molecule has 0 bridgehead atoms. The number of amides is 2. The number of piperazine rings is 1. The largest absolute Gasteiger partial charge is 0.339 e. The van der Waals surface area contributed by atoms with Gasteiger partial charge < -0.3 is 9.80 Å². The molecular weight excluding hydrogens is 307 g/mol. The van der Waals surface area contributed by atoms with Crippen molar-refractivity contribution in [2.24, 2.45) is 5.92 Å². The molecule has 120 valence electrons. The highest BCUT2D eigenvalue weighted by Crippen LogP contribution is 2.18. The summed E-state index contributed by atoms with van der Waals surface area (Å²) in [4.78, 5) is 27.8. The van der Waals surface area contributed by atoms with Crippen LogP contribution < -0.4 is 0 Å². The van der Waals surface area contributed by atoms with Gasteiger partial charge in [0.25, 0.3) is 5.91 Å². The highest BCUT2D eigenvalue weighted by molar-refractivity contribution is 6.30. The quantitative estimate of drug-likeness (QED) is 0.857. The molecule has 4 nitrogen and oxygen atoms in total. The Morgan fingerprint density at radius 2 is 1.82 bits per heavy atom. The van der Waals surface area contributed by atoms with E-state index >= 15 is 0 Å². The highest BCUT2D eigenvalue weighted by atomic mass is 35.5. The van der Waals surface area contributed by atoms with E-state index in [0.29, 0.717) is 26.2 Å². The van der Waals surface area contributed by atoms with Crippen molar-refractivity contribution in [3.8, 4) is 0 Å². The summed E-state index contributed by atoms with van der Waals surface area (Å²) >= 11 is 5.70. The second kappa shape index (κ2) is 7.09. The predicted octanol–water partition coefficient (Wildman–Crippen LogP) is 2.81. The summed E-state index contributed by atoms with van der Waals surface area (Å²) in [5, 5.41) is 0.262. The minimum absolute atomic E-state index is 0.00374. The van der Waals surface area contributed by atoms with Crippen LogP contribution in [-0.2, 0) is 4.79 Å². The van der Waals surface area contributed by atoms with Crippen LogP contribution in [-0.4, -0.2) is 47.8 Å². The molecule has 0 aromatic heterocycles. The highest BCUT2D eigenvalue weighted by Gasteiger charge is 2.27. The van der Waals surface area contributed by atoms with Crippen molar-refractivity contribution >= 4 is 23.4 Å². The van der Waals surface area contributed by atoms with Crippen LogP contribution in [0.4, 0.5) is 4.39 Å². The summed E-state index contributed by atoms with van der Waals surface area (Å²) in [5.74, 6) is -0.858. The van der Waals surface area contributed by atoms with Crippen LogP contribution in [0.25, 0.3) is 0 Å². The first kappa shape index (κ1) is 16.7. The number of hydrogen-bond acceptors (Lipinski definition) is 2. The maximum Gasteiger partial charge on any atom is 0.256 e. The van der Waals surface area contributed by atoms with Gasteiger partial charge in [0.2, 0.25) is 5.91 Å². The molecule has 22 heavy (non-hydrogen) atoms. The zero-order valence-corrected chi connectivity index (χ0v) is 13.6. The Hall–Kier alpha value is -1.62. The molecule has 0 saturated carbocycles. The Labute approximate surface area is 134 Å². The fraction of sp³-hybridized carbons (Fsp3) is 0.500. The van der Waals surface area contributed by atoms with Crippen LogP contribution in [0, 0.1) is 11.7 Å². The molecule has 0 N–H and O–H groups in total. The summed E-state index contributed by atoms with van der Waals surface area (Å²) in [6.45, 7) is 5.70. The molecule has 1 saturated heterocycles. The van der Waals surface area contributed by atoms with E-state index in [4.69, 9.17) is 11.6 Å². The molecule has 0 spiro atoms. The Balaban J connectivity index is 1.99. The van der Waals surface area contributed by atoms with Crippen LogP contribution in [0.3, 0.4) is 0 Å². The van der Waals surface area contributed by atoms with Gasteiger partial charge in [-0.3, -0.25) is 9.59 Å². The number of halogens is 2. The number of carbonyl (C=O) groups is 2. The summed E-state index contributed by atoms with van der Waals surface area (Å²) < 4.78 is 13.8. The van der Waals surface area contributed by atoms with E-state index in [9.17, 15) is 14.0 Å². The average molecular weight is 327 g/mol. The maximum absolute atomic E-state index is 13.8. The third kappa shape index (κ3) is 3.58. The van der Waals surface area contributed by atoms with E-state index in [1.54, 1.807) is 9.80 Å². The van der Waals surface area contributed by atoms with Crippen molar-refractivity contribution < 1.29 is 14.0 Å². The fourth-order valence-electron chi connectivity index (χ4n) is 2.45. The van der Waals surface area contributed by atoms with Crippen LogP contribution in [0.2, 0.25) is 5.02 Å². The standard InChI is InChI=1S/C16H20ClFN2O2/c1-3-11(2)15(21)19-6-8-20(9-7-19)16(22)13-5-4-12(17)10-14(13)18/h4-5,10-11H,3,6-9H2,1-2H3/t11-/m0/s1. The Bertz CT molecular complexity index is 571. The molecule has 1 heterocycles. The Morgan fingerprint density at radius 1 is 1.23 bits per heavy atom. The van der Waals surface area contributed by atoms with Crippen molar-refractivity contribution in [1.29, 1.82) is 0 Å². The molecule has 1 aliphatic heterocycles. The zero-order valence-electron chi connectivity index (χ0n) is 12.8. The molecular formula is C16H20ClFN2O2. The van der Waals surface area contributed by atoms with Gasteiger partial charge in [0, 0.05) is 37.1 Å². The molecule has 6 heteroatoms. The van der Waals surface area contributed by atoms with Crippen molar-refractivity contribution in [3.63, 3.8) is 0 Å². The summed E-state index contributed by atoms with van der Waals surface area (Å²) in [5.41, 5.74) is 0.0195. The molecule has 2 rings (SSSR count). The van der Waals surface area contributed by atoms with E-state index in [1.807, 2.05) is 13.8 Å². The second-order valence-electron chi connectivity index (χ2n) is 5.55. The smallest absolute Gasteiger partial charge is 0.256 e. The minimum atomic E-state index is -0.615. The van der Waals surface area contributed by atoms with E-state index in [0.717, 1.165) is 12.5 Å². The number of benzene rings is 1. The summed E-state index contributed by atoms with van der Waals surface area (Å²) in [6, 6.07) is 4.04. The first-order valence-electron chi connectivity index (χ1n) is 7.47. The average Bonchev–Trinajstić information content (AvgIpc) is 2.53. The fourth-order valence-corrected chi connectivity index (χ4v) is 2.61. The van der Waals surface area contributed by atoms with Crippen molar-refractivity contribution in [2.45, 2.75) is 20.3 Å². The van der Waals surface area contributed by atoms with Crippen LogP contribution in [0.5, 0.6) is 0 Å². The van der Waals surface area contributed by atoms with Gasteiger partial charge in [0.05, 0.1) is 5.56 Å². The molecule has 0 radical (unpaired) electrons. The van der Waals surface area contributed by atoms with Crippen molar-refractivity contribution in [1.82, 2.24) is 9.80 Å². The van der Waals surface area contributed by atoms with Gasteiger partial charge >= 0.3 is 0 Å². The third-order valence-corrected chi connectivity index (χ3v) is 4.31. The number of nitrogens with zero attached hydrogens (tertiary/aromatic N) is 2. The molecule has 1 aliphatic rings. The lowest BCUT2D eigenvalue weighted by molar-refractivity contribution is -0.136. The monoisotopic (exact) mass is 326 g/mol. The van der Waals surface area contributed by atoms with Gasteiger partial charge in [0.1, 0.15) is 5.82 Å². The normalized spacial score (nSPS) is 16.5. The Kier molecular flexibility index (Phi) is 5.40. The van der Waals surface area contributed by atoms with Crippen LogP contribution in [0.1, 0.15) is 30.6 Å². The van der Waals surface area contributed by atoms with Gasteiger partial charge in [0.15, 0.2) is 0 Å². The van der Waals surface area contributed by atoms with Gasteiger partial charge in [-0.2, -0.15) is 0 Å². The minimum Gasteiger partial charge on any atom is -0.339 e. The van der Waals surface area contributed by atoms with Gasteiger partial charge in [-0.25, -0.2) is 4.39 Å². The number of carbonyl (C=O) groups excluding carboxylic acids is 2. The number of hydrogen-bond donors (Lipinski definition) is 0. The lowest BCUT2D eigenvalue weighted by Gasteiger charge is -2.36. The Morgan fingerprint density at radius 3 is 2.36 bits per heavy atom. The third-order valence-electron chi connectivity index (χ3n) is 4.07. The topological polar surface area (TPSA) is 40.6 Å². The van der Waals surface area contributed by atoms with Crippen molar-refractivity contribution in [2.75, 3.05) is 26.2 Å². The first-order valence-corrected chi connectivity index (χ1v) is 7.85. The molecule has 1 aromatic rings. The van der Waals surface area contributed by atoms with E-state index in [2.05, 4.69) is 0 Å². The SMILES string of the molecule is CC[C@H](C)C(=O)N1CCN(C(=O)c2ccc(Cl)cc2F)CC1. The molecule has 0 aliphatic carbocycles. The van der Waals surface area contributed by atoms with E-state index < -0.39 is 5.82 Å². The van der Waals surface area contributed by atoms with Crippen LogP contribution in [0.15, 0.2) is 18.2 Å². The lowest BCUT2D eigenvalue weighted by atomic mass is 10.1. The zero-order chi connectivity index (χ0) is 16.3. The molecule has 1 fully saturated rings. The van der Waals surface area contributed by atoms with Gasteiger partial charge in [-0.15, -0.1) is 0 Å². The van der Waals surface area contributed by atoms with Crippen LogP contribution >= 0.6 is 11.6 Å². The molecule has 0 unspecified atom stereocenters.